The number of halogens is 1. The van der Waals surface area contributed by atoms with E-state index in [1.165, 1.54) is 17.5 Å². The third-order valence-corrected chi connectivity index (χ3v) is 3.92. The Morgan fingerprint density at radius 2 is 2.00 bits per heavy atom. The Morgan fingerprint density at radius 1 is 1.21 bits per heavy atom. The van der Waals surface area contributed by atoms with Gasteiger partial charge in [-0.25, -0.2) is 0 Å². The number of hydrogen-bond acceptors (Lipinski definition) is 2. The molecule has 0 fully saturated rings. The van der Waals surface area contributed by atoms with Gasteiger partial charge in [-0.1, -0.05) is 37.3 Å². The van der Waals surface area contributed by atoms with Gasteiger partial charge in [0.15, 0.2) is 4.67 Å². The van der Waals surface area contributed by atoms with E-state index in [1.807, 2.05) is 6.07 Å². The lowest BCUT2D eigenvalue weighted by Gasteiger charge is -2.16. The third-order valence-electron chi connectivity index (χ3n) is 3.27. The fraction of sp³-hybridized carbons (Fsp3) is 0.375. The quantitative estimate of drug-likeness (QED) is 0.798. The second kappa shape index (κ2) is 7.51. The Bertz CT molecular complexity index is 481. The van der Waals surface area contributed by atoms with E-state index in [0.717, 1.165) is 24.1 Å². The summed E-state index contributed by atoms with van der Waals surface area (Å²) in [4.78, 5) is 0. The molecular formula is C16H20BrNO. The van der Waals surface area contributed by atoms with Gasteiger partial charge < -0.3 is 9.73 Å². The minimum absolute atomic E-state index is 0.363. The van der Waals surface area contributed by atoms with Crippen LogP contribution in [0.15, 0.2) is 51.7 Å². The van der Waals surface area contributed by atoms with E-state index >= 15 is 0 Å². The van der Waals surface area contributed by atoms with Gasteiger partial charge in [-0.15, -0.1) is 0 Å². The summed E-state index contributed by atoms with van der Waals surface area (Å²) in [6.45, 7) is 3.10. The van der Waals surface area contributed by atoms with Gasteiger partial charge in [-0.2, -0.15) is 0 Å². The lowest BCUT2D eigenvalue weighted by molar-refractivity contribution is 0.478. The Morgan fingerprint density at radius 3 is 2.63 bits per heavy atom. The van der Waals surface area contributed by atoms with Crippen molar-refractivity contribution in [2.24, 2.45) is 0 Å². The van der Waals surface area contributed by atoms with Crippen LogP contribution in [0.4, 0.5) is 0 Å². The molecule has 102 valence electrons. The van der Waals surface area contributed by atoms with Crippen molar-refractivity contribution in [2.75, 3.05) is 6.54 Å². The van der Waals surface area contributed by atoms with Crippen molar-refractivity contribution in [1.82, 2.24) is 5.32 Å². The first-order chi connectivity index (χ1) is 9.31. The summed E-state index contributed by atoms with van der Waals surface area (Å²) in [5.41, 5.74) is 2.62. The topological polar surface area (TPSA) is 25.2 Å². The Kier molecular flexibility index (Phi) is 5.67. The fourth-order valence-electron chi connectivity index (χ4n) is 2.32. The van der Waals surface area contributed by atoms with Crippen molar-refractivity contribution in [3.05, 3.63) is 58.5 Å². The Balaban J connectivity index is 1.89. The summed E-state index contributed by atoms with van der Waals surface area (Å²) < 4.78 is 6.18. The van der Waals surface area contributed by atoms with Gasteiger partial charge >= 0.3 is 0 Å². The first-order valence-electron chi connectivity index (χ1n) is 6.81. The van der Waals surface area contributed by atoms with Crippen LogP contribution >= 0.6 is 15.9 Å². The summed E-state index contributed by atoms with van der Waals surface area (Å²) in [5, 5.41) is 3.52. The molecule has 1 N–H and O–H groups in total. The first-order valence-corrected chi connectivity index (χ1v) is 7.60. The van der Waals surface area contributed by atoms with E-state index in [0.29, 0.717) is 6.04 Å². The number of aryl methyl sites for hydroxylation is 1. The molecule has 0 spiro atoms. The van der Waals surface area contributed by atoms with Crippen molar-refractivity contribution < 1.29 is 4.42 Å². The SMILES string of the molecule is CCNC(CCCc1ccccc1)c1ccoc1Br. The van der Waals surface area contributed by atoms with E-state index in [9.17, 15) is 0 Å². The Labute approximate surface area is 123 Å². The minimum Gasteiger partial charge on any atom is -0.457 e. The van der Waals surface area contributed by atoms with Gasteiger partial charge in [0.1, 0.15) is 0 Å². The fourth-order valence-corrected chi connectivity index (χ4v) is 2.84. The normalized spacial score (nSPS) is 12.5. The van der Waals surface area contributed by atoms with Crippen LogP contribution in [0.1, 0.15) is 36.9 Å². The van der Waals surface area contributed by atoms with Crippen LogP contribution in [-0.4, -0.2) is 6.54 Å². The van der Waals surface area contributed by atoms with E-state index in [4.69, 9.17) is 4.42 Å². The summed E-state index contributed by atoms with van der Waals surface area (Å²) in [5.74, 6) is 0. The molecule has 1 aromatic heterocycles. The highest BCUT2D eigenvalue weighted by Gasteiger charge is 2.15. The minimum atomic E-state index is 0.363. The molecule has 0 aliphatic heterocycles. The number of nitrogens with one attached hydrogen (secondary N) is 1. The molecule has 0 radical (unpaired) electrons. The second-order valence-corrected chi connectivity index (χ2v) is 5.36. The van der Waals surface area contributed by atoms with Crippen molar-refractivity contribution in [3.63, 3.8) is 0 Å². The molecule has 1 aromatic carbocycles. The van der Waals surface area contributed by atoms with Crippen LogP contribution in [0.25, 0.3) is 0 Å². The van der Waals surface area contributed by atoms with Crippen LogP contribution in [0.5, 0.6) is 0 Å². The standard InChI is InChI=1S/C16H20BrNO/c1-2-18-15(14-11-12-19-16(14)17)10-6-9-13-7-4-3-5-8-13/h3-5,7-8,11-12,15,18H,2,6,9-10H2,1H3. The summed E-state index contributed by atoms with van der Waals surface area (Å²) in [6.07, 6.45) is 5.14. The summed E-state index contributed by atoms with van der Waals surface area (Å²) >= 11 is 3.47. The molecule has 0 saturated heterocycles. The van der Waals surface area contributed by atoms with Crippen molar-refractivity contribution >= 4 is 15.9 Å². The van der Waals surface area contributed by atoms with Gasteiger partial charge in [0.25, 0.3) is 0 Å². The maximum Gasteiger partial charge on any atom is 0.173 e. The Hall–Kier alpha value is -1.06. The molecule has 2 aromatic rings. The lowest BCUT2D eigenvalue weighted by atomic mass is 10.0. The maximum absolute atomic E-state index is 5.33. The first kappa shape index (κ1) is 14.4. The molecule has 0 amide bonds. The largest absolute Gasteiger partial charge is 0.457 e. The van der Waals surface area contributed by atoms with Crippen LogP contribution in [0, 0.1) is 0 Å². The molecule has 0 aliphatic carbocycles. The zero-order valence-corrected chi connectivity index (χ0v) is 12.8. The highest BCUT2D eigenvalue weighted by atomic mass is 79.9. The zero-order chi connectivity index (χ0) is 13.5. The predicted octanol–water partition coefficient (Wildman–Crippen LogP) is 4.72. The monoisotopic (exact) mass is 321 g/mol. The average molecular weight is 322 g/mol. The van der Waals surface area contributed by atoms with Gasteiger partial charge in [-0.05, 0) is 53.4 Å². The van der Waals surface area contributed by atoms with Gasteiger partial charge in [0, 0.05) is 11.6 Å². The van der Waals surface area contributed by atoms with Crippen LogP contribution in [-0.2, 0) is 6.42 Å². The predicted molar refractivity (Wildman–Crippen MR) is 82.2 cm³/mol. The molecule has 1 atom stereocenters. The number of rotatable bonds is 7. The molecule has 2 rings (SSSR count). The summed E-state index contributed by atoms with van der Waals surface area (Å²) in [6, 6.07) is 13.1. The second-order valence-electron chi connectivity index (χ2n) is 4.64. The van der Waals surface area contributed by atoms with Crippen LogP contribution < -0.4 is 5.32 Å². The molecule has 0 aliphatic rings. The highest BCUT2D eigenvalue weighted by Crippen LogP contribution is 2.28. The molecule has 19 heavy (non-hydrogen) atoms. The van der Waals surface area contributed by atoms with E-state index < -0.39 is 0 Å². The van der Waals surface area contributed by atoms with E-state index in [-0.39, 0.29) is 0 Å². The lowest BCUT2D eigenvalue weighted by Crippen LogP contribution is -2.20. The van der Waals surface area contributed by atoms with Crippen LogP contribution in [0.3, 0.4) is 0 Å². The number of hydrogen-bond donors (Lipinski definition) is 1. The molecule has 1 unspecified atom stereocenters. The molecule has 0 bridgehead atoms. The van der Waals surface area contributed by atoms with Gasteiger partial charge in [0.2, 0.25) is 0 Å². The van der Waals surface area contributed by atoms with E-state index in [1.54, 1.807) is 6.26 Å². The maximum atomic E-state index is 5.33. The smallest absolute Gasteiger partial charge is 0.173 e. The molecule has 3 heteroatoms. The number of benzene rings is 1. The third kappa shape index (κ3) is 4.22. The highest BCUT2D eigenvalue weighted by molar-refractivity contribution is 9.10. The summed E-state index contributed by atoms with van der Waals surface area (Å²) in [7, 11) is 0. The van der Waals surface area contributed by atoms with E-state index in [2.05, 4.69) is 58.5 Å². The molecule has 0 saturated carbocycles. The van der Waals surface area contributed by atoms with Gasteiger partial charge in [-0.3, -0.25) is 0 Å². The zero-order valence-electron chi connectivity index (χ0n) is 11.2. The number of furan rings is 1. The van der Waals surface area contributed by atoms with Gasteiger partial charge in [0.05, 0.1) is 6.26 Å². The van der Waals surface area contributed by atoms with Crippen LogP contribution in [0.2, 0.25) is 0 Å². The molecule has 2 nitrogen and oxygen atoms in total. The molecular weight excluding hydrogens is 302 g/mol. The van der Waals surface area contributed by atoms with Crippen molar-refractivity contribution in [3.8, 4) is 0 Å². The van der Waals surface area contributed by atoms with Crippen molar-refractivity contribution in [2.45, 2.75) is 32.2 Å². The van der Waals surface area contributed by atoms with Crippen molar-refractivity contribution in [1.29, 1.82) is 0 Å². The average Bonchev–Trinajstić information content (AvgIpc) is 2.85. The molecule has 1 heterocycles.